The lowest BCUT2D eigenvalue weighted by atomic mass is 10.0. The highest BCUT2D eigenvalue weighted by atomic mass is 35.5. The minimum absolute atomic E-state index is 0.349. The lowest BCUT2D eigenvalue weighted by Gasteiger charge is -2.12. The predicted molar refractivity (Wildman–Crippen MR) is 81.3 cm³/mol. The van der Waals surface area contributed by atoms with Gasteiger partial charge in [0.25, 0.3) is 0 Å². The Bertz CT molecular complexity index is 729. The molecule has 1 aromatic heterocycles. The second-order valence-corrected chi connectivity index (χ2v) is 5.42. The molecule has 0 amide bonds. The average molecular weight is 307 g/mol. The van der Waals surface area contributed by atoms with Crippen molar-refractivity contribution in [2.75, 3.05) is 0 Å². The molecule has 1 atom stereocenters. The molecular formula is C16H12Cl2O2. The molecule has 1 unspecified atom stereocenters. The second kappa shape index (κ2) is 5.49. The summed E-state index contributed by atoms with van der Waals surface area (Å²) in [6.45, 7) is 0. The fraction of sp³-hybridized carbons (Fsp3) is 0.125. The number of rotatable bonds is 3. The van der Waals surface area contributed by atoms with Crippen molar-refractivity contribution in [1.82, 2.24) is 0 Å². The predicted octanol–water partition coefficient (Wildman–Crippen LogP) is 5.02. The molecule has 0 saturated heterocycles. The third-order valence-corrected chi connectivity index (χ3v) is 4.04. The van der Waals surface area contributed by atoms with Crippen LogP contribution in [0.15, 0.2) is 53.1 Å². The Balaban J connectivity index is 1.95. The molecule has 0 spiro atoms. The van der Waals surface area contributed by atoms with Crippen molar-refractivity contribution >= 4 is 34.2 Å². The second-order valence-electron chi connectivity index (χ2n) is 4.61. The van der Waals surface area contributed by atoms with Crippen molar-refractivity contribution in [1.29, 1.82) is 0 Å². The Labute approximate surface area is 126 Å². The molecule has 3 rings (SSSR count). The summed E-state index contributed by atoms with van der Waals surface area (Å²) in [5.74, 6) is 0. The van der Waals surface area contributed by atoms with Gasteiger partial charge in [-0.2, -0.15) is 0 Å². The number of furan rings is 1. The maximum atomic E-state index is 10.4. The molecule has 102 valence electrons. The number of para-hydroxylation sites is 1. The van der Waals surface area contributed by atoms with E-state index in [2.05, 4.69) is 0 Å². The van der Waals surface area contributed by atoms with Gasteiger partial charge in [0.15, 0.2) is 0 Å². The smallest absolute Gasteiger partial charge is 0.134 e. The van der Waals surface area contributed by atoms with Crippen LogP contribution in [0.1, 0.15) is 17.2 Å². The lowest BCUT2D eigenvalue weighted by molar-refractivity contribution is 0.179. The van der Waals surface area contributed by atoms with Crippen molar-refractivity contribution in [3.63, 3.8) is 0 Å². The van der Waals surface area contributed by atoms with E-state index in [9.17, 15) is 5.11 Å². The summed E-state index contributed by atoms with van der Waals surface area (Å²) in [5.41, 5.74) is 2.25. The molecular weight excluding hydrogens is 295 g/mol. The molecule has 0 aliphatic carbocycles. The van der Waals surface area contributed by atoms with Crippen LogP contribution in [0.5, 0.6) is 0 Å². The first kappa shape index (κ1) is 13.5. The topological polar surface area (TPSA) is 33.4 Å². The third-order valence-electron chi connectivity index (χ3n) is 3.33. The summed E-state index contributed by atoms with van der Waals surface area (Å²) in [5, 5.41) is 12.5. The first-order valence-corrected chi connectivity index (χ1v) is 6.99. The Morgan fingerprint density at radius 3 is 2.45 bits per heavy atom. The standard InChI is InChI=1S/C16H12Cl2O2/c17-13-5-3-6-14(18)11(13)8-15(19)12-9-20-16-7-2-1-4-10(12)16/h1-7,9,15,19H,8H2. The Hall–Kier alpha value is -1.48. The normalized spacial score (nSPS) is 12.8. The highest BCUT2D eigenvalue weighted by molar-refractivity contribution is 6.36. The van der Waals surface area contributed by atoms with Crippen LogP contribution in [-0.2, 0) is 6.42 Å². The first-order valence-electron chi connectivity index (χ1n) is 6.24. The van der Waals surface area contributed by atoms with Gasteiger partial charge >= 0.3 is 0 Å². The van der Waals surface area contributed by atoms with E-state index in [1.165, 1.54) is 0 Å². The molecule has 1 heterocycles. The highest BCUT2D eigenvalue weighted by Crippen LogP contribution is 2.32. The summed E-state index contributed by atoms with van der Waals surface area (Å²) in [6.07, 6.45) is 1.22. The number of hydrogen-bond acceptors (Lipinski definition) is 2. The van der Waals surface area contributed by atoms with Gasteiger partial charge in [0.05, 0.1) is 12.4 Å². The lowest BCUT2D eigenvalue weighted by Crippen LogP contribution is -2.02. The molecule has 2 aromatic carbocycles. The van der Waals surface area contributed by atoms with Crippen LogP contribution < -0.4 is 0 Å². The van der Waals surface area contributed by atoms with E-state index >= 15 is 0 Å². The van der Waals surface area contributed by atoms with Gasteiger partial charge in [-0.15, -0.1) is 0 Å². The molecule has 0 fully saturated rings. The van der Waals surface area contributed by atoms with Crippen molar-refractivity contribution in [3.8, 4) is 0 Å². The molecule has 3 aromatic rings. The van der Waals surface area contributed by atoms with E-state index < -0.39 is 6.10 Å². The van der Waals surface area contributed by atoms with E-state index in [0.717, 1.165) is 22.1 Å². The molecule has 0 aliphatic rings. The number of aliphatic hydroxyl groups is 1. The minimum atomic E-state index is -0.712. The average Bonchev–Trinajstić information content (AvgIpc) is 2.87. The van der Waals surface area contributed by atoms with Gasteiger partial charge < -0.3 is 9.52 Å². The van der Waals surface area contributed by atoms with Gasteiger partial charge in [0.2, 0.25) is 0 Å². The molecule has 0 radical (unpaired) electrons. The monoisotopic (exact) mass is 306 g/mol. The van der Waals surface area contributed by atoms with Gasteiger partial charge in [0.1, 0.15) is 5.58 Å². The molecule has 0 bridgehead atoms. The van der Waals surface area contributed by atoms with E-state index in [1.54, 1.807) is 24.5 Å². The Morgan fingerprint density at radius 1 is 1.00 bits per heavy atom. The van der Waals surface area contributed by atoms with Crippen LogP contribution in [0, 0.1) is 0 Å². The number of halogens is 2. The zero-order valence-electron chi connectivity index (χ0n) is 10.5. The quantitative estimate of drug-likeness (QED) is 0.737. The zero-order valence-corrected chi connectivity index (χ0v) is 12.0. The SMILES string of the molecule is OC(Cc1c(Cl)cccc1Cl)c1coc2ccccc12. The highest BCUT2D eigenvalue weighted by Gasteiger charge is 2.17. The number of benzene rings is 2. The molecule has 20 heavy (non-hydrogen) atoms. The maximum Gasteiger partial charge on any atom is 0.134 e. The fourth-order valence-corrected chi connectivity index (χ4v) is 2.84. The van der Waals surface area contributed by atoms with Crippen LogP contribution in [-0.4, -0.2) is 5.11 Å². The maximum absolute atomic E-state index is 10.4. The van der Waals surface area contributed by atoms with Crippen LogP contribution in [0.4, 0.5) is 0 Å². The van der Waals surface area contributed by atoms with Crippen LogP contribution in [0.25, 0.3) is 11.0 Å². The van der Waals surface area contributed by atoms with Gasteiger partial charge in [-0.25, -0.2) is 0 Å². The number of aliphatic hydroxyl groups excluding tert-OH is 1. The number of fused-ring (bicyclic) bond motifs is 1. The molecule has 0 aliphatic heterocycles. The molecule has 2 nitrogen and oxygen atoms in total. The molecule has 0 saturated carbocycles. The summed E-state index contributed by atoms with van der Waals surface area (Å²) < 4.78 is 5.44. The Kier molecular flexibility index (Phi) is 3.70. The van der Waals surface area contributed by atoms with Gasteiger partial charge in [-0.1, -0.05) is 47.5 Å². The zero-order chi connectivity index (χ0) is 14.1. The first-order chi connectivity index (χ1) is 9.66. The fourth-order valence-electron chi connectivity index (χ4n) is 2.29. The van der Waals surface area contributed by atoms with Gasteiger partial charge in [-0.3, -0.25) is 0 Å². The molecule has 4 heteroatoms. The summed E-state index contributed by atoms with van der Waals surface area (Å²) in [6, 6.07) is 12.9. The van der Waals surface area contributed by atoms with E-state index in [1.807, 2.05) is 24.3 Å². The van der Waals surface area contributed by atoms with Gasteiger partial charge in [0, 0.05) is 27.4 Å². The van der Waals surface area contributed by atoms with Crippen LogP contribution >= 0.6 is 23.2 Å². The van der Waals surface area contributed by atoms with E-state index in [0.29, 0.717) is 16.5 Å². The van der Waals surface area contributed by atoms with Crippen molar-refractivity contribution < 1.29 is 9.52 Å². The largest absolute Gasteiger partial charge is 0.464 e. The van der Waals surface area contributed by atoms with Crippen LogP contribution in [0.2, 0.25) is 10.0 Å². The number of hydrogen-bond donors (Lipinski definition) is 1. The third kappa shape index (κ3) is 2.42. The summed E-state index contributed by atoms with van der Waals surface area (Å²) in [7, 11) is 0. The van der Waals surface area contributed by atoms with Crippen molar-refractivity contribution in [3.05, 3.63) is 69.9 Å². The minimum Gasteiger partial charge on any atom is -0.464 e. The van der Waals surface area contributed by atoms with Crippen molar-refractivity contribution in [2.45, 2.75) is 12.5 Å². The van der Waals surface area contributed by atoms with E-state index in [-0.39, 0.29) is 0 Å². The molecule has 1 N–H and O–H groups in total. The Morgan fingerprint density at radius 2 is 1.70 bits per heavy atom. The van der Waals surface area contributed by atoms with Crippen molar-refractivity contribution in [2.24, 2.45) is 0 Å². The van der Waals surface area contributed by atoms with Gasteiger partial charge in [-0.05, 0) is 23.8 Å². The summed E-state index contributed by atoms with van der Waals surface area (Å²) >= 11 is 12.3. The van der Waals surface area contributed by atoms with E-state index in [4.69, 9.17) is 27.6 Å². The van der Waals surface area contributed by atoms with Crippen LogP contribution in [0.3, 0.4) is 0 Å². The summed E-state index contributed by atoms with van der Waals surface area (Å²) in [4.78, 5) is 0.